The minimum atomic E-state index is -3.27. The van der Waals surface area contributed by atoms with E-state index in [1.54, 1.807) is 0 Å². The van der Waals surface area contributed by atoms with E-state index < -0.39 is 7.82 Å². The van der Waals surface area contributed by atoms with Crippen molar-refractivity contribution in [1.82, 2.24) is 0 Å². The third kappa shape index (κ3) is 1.12. The van der Waals surface area contributed by atoms with Gasteiger partial charge in [-0.3, -0.25) is 9.05 Å². The number of rotatable bonds is 1. The fourth-order valence-electron chi connectivity index (χ4n) is 0.396. The van der Waals surface area contributed by atoms with E-state index in [9.17, 15) is 4.57 Å². The summed E-state index contributed by atoms with van der Waals surface area (Å²) in [6.45, 7) is 0.572. The Hall–Kier alpha value is 0.175. The van der Waals surface area contributed by atoms with Crippen LogP contribution in [0.2, 0.25) is 0 Å². The first-order valence-electron chi connectivity index (χ1n) is 2.04. The molecule has 2 radical (unpaired) electrons. The second-order valence-electron chi connectivity index (χ2n) is 1.22. The van der Waals surface area contributed by atoms with Crippen molar-refractivity contribution in [3.63, 3.8) is 0 Å². The molecule has 0 aromatic carbocycles. The lowest BCUT2D eigenvalue weighted by Gasteiger charge is -2.03. The summed E-state index contributed by atoms with van der Waals surface area (Å²) in [6, 6.07) is 0. The molecule has 1 saturated heterocycles. The number of phosphoric ester groups is 1. The Balaban J connectivity index is 2.53. The van der Waals surface area contributed by atoms with Crippen LogP contribution in [0.25, 0.3) is 0 Å². The highest BCUT2D eigenvalue weighted by Gasteiger charge is 2.28. The van der Waals surface area contributed by atoms with E-state index in [0.717, 1.165) is 0 Å². The summed E-state index contributed by atoms with van der Waals surface area (Å²) in [5, 5.41) is 0. The van der Waals surface area contributed by atoms with Crippen molar-refractivity contribution in [2.24, 2.45) is 0 Å². The number of hydrogen-bond donors (Lipinski definition) is 0. The maximum Gasteiger partial charge on any atom is 0.459 e. The van der Waals surface area contributed by atoms with Gasteiger partial charge < -0.3 is 4.44 Å². The van der Waals surface area contributed by atoms with E-state index in [0.29, 0.717) is 0 Å². The van der Waals surface area contributed by atoms with Crippen LogP contribution in [0.3, 0.4) is 0 Å². The molecule has 6 heteroatoms. The van der Waals surface area contributed by atoms with Crippen LogP contribution in [0.1, 0.15) is 0 Å². The normalized spacial score (nSPS) is 26.0. The van der Waals surface area contributed by atoms with Crippen LogP contribution in [-0.4, -0.2) is 21.3 Å². The van der Waals surface area contributed by atoms with Gasteiger partial charge in [-0.1, -0.05) is 0 Å². The molecule has 0 amide bonds. The second-order valence-corrected chi connectivity index (χ2v) is 2.84. The van der Waals surface area contributed by atoms with Gasteiger partial charge in [-0.25, -0.2) is 4.57 Å². The van der Waals surface area contributed by atoms with Crippen molar-refractivity contribution in [3.8, 4) is 0 Å². The molecule has 0 bridgehead atoms. The Morgan fingerprint density at radius 1 is 1.50 bits per heavy atom. The van der Waals surface area contributed by atoms with Gasteiger partial charge in [0, 0.05) is 0 Å². The SMILES string of the molecule is [B]OP1(=O)OCCO1. The van der Waals surface area contributed by atoms with Crippen molar-refractivity contribution in [1.29, 1.82) is 0 Å². The Morgan fingerprint density at radius 3 is 2.25 bits per heavy atom. The lowest BCUT2D eigenvalue weighted by atomic mass is 10.6. The maximum atomic E-state index is 10.6. The van der Waals surface area contributed by atoms with Crippen molar-refractivity contribution < 1.29 is 18.1 Å². The first-order chi connectivity index (χ1) is 3.77. The molecule has 0 aromatic rings. The molecule has 0 atom stereocenters. The molecular formula is C2H4BO4P. The smallest absolute Gasteiger partial charge is 0.362 e. The molecular weight excluding hydrogens is 130 g/mol. The lowest BCUT2D eigenvalue weighted by molar-refractivity contribution is 0.277. The molecule has 8 heavy (non-hydrogen) atoms. The molecule has 0 aromatic heterocycles. The van der Waals surface area contributed by atoms with Crippen LogP contribution in [0, 0.1) is 0 Å². The standard InChI is InChI=1S/C2H4BO4P/c3-7-8(4)5-1-2-6-8/h1-2H2. The predicted molar refractivity (Wildman–Crippen MR) is 26.3 cm³/mol. The summed E-state index contributed by atoms with van der Waals surface area (Å²) in [6.07, 6.45) is 0. The molecule has 44 valence electrons. The van der Waals surface area contributed by atoms with Gasteiger partial charge in [0.25, 0.3) is 8.05 Å². The molecule has 1 heterocycles. The Bertz CT molecular complexity index is 115. The highest BCUT2D eigenvalue weighted by Crippen LogP contribution is 2.51. The summed E-state index contributed by atoms with van der Waals surface area (Å²) in [4.78, 5) is 0. The topological polar surface area (TPSA) is 44.8 Å². The first-order valence-corrected chi connectivity index (χ1v) is 3.50. The average Bonchev–Trinajstić information content (AvgIpc) is 2.17. The van der Waals surface area contributed by atoms with Gasteiger partial charge in [-0.2, -0.15) is 0 Å². The molecule has 0 aliphatic carbocycles. The Kier molecular flexibility index (Phi) is 1.72. The monoisotopic (exact) mass is 134 g/mol. The molecule has 1 fully saturated rings. The fraction of sp³-hybridized carbons (Fsp3) is 1.00. The largest absolute Gasteiger partial charge is 0.459 e. The molecule has 0 N–H and O–H groups in total. The minimum absolute atomic E-state index is 0.286. The van der Waals surface area contributed by atoms with Crippen LogP contribution >= 0.6 is 7.82 Å². The van der Waals surface area contributed by atoms with Crippen molar-refractivity contribution in [3.05, 3.63) is 0 Å². The molecule has 1 aliphatic heterocycles. The zero-order valence-corrected chi connectivity index (χ0v) is 4.97. The molecule has 0 spiro atoms. The molecule has 4 nitrogen and oxygen atoms in total. The van der Waals surface area contributed by atoms with Gasteiger partial charge in [0.2, 0.25) is 0 Å². The van der Waals surface area contributed by atoms with E-state index in [1.807, 2.05) is 0 Å². The van der Waals surface area contributed by atoms with Gasteiger partial charge >= 0.3 is 7.82 Å². The quantitative estimate of drug-likeness (QED) is 0.380. The van der Waals surface area contributed by atoms with Crippen LogP contribution in [0.15, 0.2) is 0 Å². The lowest BCUT2D eigenvalue weighted by Crippen LogP contribution is -1.82. The molecule has 0 unspecified atom stereocenters. The van der Waals surface area contributed by atoms with Crippen molar-refractivity contribution in [2.75, 3.05) is 13.2 Å². The van der Waals surface area contributed by atoms with E-state index in [2.05, 4.69) is 21.5 Å². The predicted octanol–water partition coefficient (Wildman–Crippen LogP) is 0.241. The minimum Gasteiger partial charge on any atom is -0.362 e. The Labute approximate surface area is 48.2 Å². The third-order valence-corrected chi connectivity index (χ3v) is 1.97. The van der Waals surface area contributed by atoms with Gasteiger partial charge in [0.15, 0.2) is 0 Å². The highest BCUT2D eigenvalue weighted by atomic mass is 31.2. The van der Waals surface area contributed by atoms with Gasteiger partial charge in [0.05, 0.1) is 13.2 Å². The van der Waals surface area contributed by atoms with E-state index in [4.69, 9.17) is 0 Å². The number of hydrogen-bond acceptors (Lipinski definition) is 4. The highest BCUT2D eigenvalue weighted by molar-refractivity contribution is 7.49. The van der Waals surface area contributed by atoms with E-state index in [1.165, 1.54) is 0 Å². The van der Waals surface area contributed by atoms with Crippen molar-refractivity contribution >= 4 is 15.9 Å². The summed E-state index contributed by atoms with van der Waals surface area (Å²) >= 11 is 0. The zero-order valence-electron chi connectivity index (χ0n) is 4.07. The average molecular weight is 134 g/mol. The molecule has 1 aliphatic rings. The van der Waals surface area contributed by atoms with Gasteiger partial charge in [-0.15, -0.1) is 0 Å². The first kappa shape index (κ1) is 6.30. The van der Waals surface area contributed by atoms with E-state index >= 15 is 0 Å². The van der Waals surface area contributed by atoms with Crippen LogP contribution in [0.5, 0.6) is 0 Å². The maximum absolute atomic E-state index is 10.6. The van der Waals surface area contributed by atoms with Crippen LogP contribution in [0.4, 0.5) is 0 Å². The fourth-order valence-corrected chi connectivity index (χ4v) is 1.19. The number of phosphoric acid groups is 1. The molecule has 1 rings (SSSR count). The zero-order chi connectivity index (χ0) is 6.04. The summed E-state index contributed by atoms with van der Waals surface area (Å²) in [7, 11) is 1.28. The Morgan fingerprint density at radius 2 is 2.00 bits per heavy atom. The van der Waals surface area contributed by atoms with E-state index in [-0.39, 0.29) is 13.2 Å². The summed E-state index contributed by atoms with van der Waals surface area (Å²) in [5.74, 6) is 0. The van der Waals surface area contributed by atoms with Crippen LogP contribution < -0.4 is 0 Å². The van der Waals surface area contributed by atoms with Gasteiger partial charge in [-0.05, 0) is 0 Å². The van der Waals surface area contributed by atoms with Crippen molar-refractivity contribution in [2.45, 2.75) is 0 Å². The second kappa shape index (κ2) is 2.19. The summed E-state index contributed by atoms with van der Waals surface area (Å²) < 4.78 is 23.5. The van der Waals surface area contributed by atoms with Crippen LogP contribution in [-0.2, 0) is 18.1 Å². The third-order valence-electron chi connectivity index (χ3n) is 0.711. The summed E-state index contributed by atoms with van der Waals surface area (Å²) in [5.41, 5.74) is 0. The molecule has 0 saturated carbocycles. The van der Waals surface area contributed by atoms with Gasteiger partial charge in [0.1, 0.15) is 0 Å².